The second-order valence-electron chi connectivity index (χ2n) is 6.20. The molecule has 4 rings (SSSR count). The van der Waals surface area contributed by atoms with E-state index in [1.807, 2.05) is 37.3 Å². The first kappa shape index (κ1) is 16.5. The van der Waals surface area contributed by atoms with E-state index in [1.54, 1.807) is 19.1 Å². The average Bonchev–Trinajstić information content (AvgIpc) is 3.27. The number of aromatic amines is 1. The number of hydrogen-bond acceptors (Lipinski definition) is 5. The third-order valence-electron chi connectivity index (χ3n) is 4.22. The van der Waals surface area contributed by atoms with Crippen LogP contribution in [0.2, 0.25) is 0 Å². The number of aryl methyl sites for hydroxylation is 2. The van der Waals surface area contributed by atoms with Crippen molar-refractivity contribution in [3.8, 4) is 17.5 Å². The van der Waals surface area contributed by atoms with E-state index in [2.05, 4.69) is 20.5 Å². The van der Waals surface area contributed by atoms with E-state index in [0.29, 0.717) is 28.3 Å². The van der Waals surface area contributed by atoms with Crippen molar-refractivity contribution in [1.82, 2.24) is 15.2 Å². The number of hydrogen-bond donors (Lipinski definition) is 2. The molecule has 7 heteroatoms. The first-order valence-electron chi connectivity index (χ1n) is 8.28. The zero-order valence-corrected chi connectivity index (χ0v) is 14.7. The fraction of sp³-hybridized carbons (Fsp3) is 0.100. The van der Waals surface area contributed by atoms with Crippen LogP contribution in [0, 0.1) is 25.2 Å². The number of furan rings is 1. The summed E-state index contributed by atoms with van der Waals surface area (Å²) in [5, 5.41) is 19.9. The lowest BCUT2D eigenvalue weighted by atomic mass is 10.1. The summed E-state index contributed by atoms with van der Waals surface area (Å²) in [7, 11) is 0. The van der Waals surface area contributed by atoms with Crippen molar-refractivity contribution in [1.29, 1.82) is 5.26 Å². The second-order valence-corrected chi connectivity index (χ2v) is 6.20. The molecule has 1 aromatic carbocycles. The maximum atomic E-state index is 12.6. The number of fused-ring (bicyclic) bond motifs is 1. The van der Waals surface area contributed by atoms with E-state index in [9.17, 15) is 4.79 Å². The molecule has 4 aromatic rings. The third kappa shape index (κ3) is 3.04. The van der Waals surface area contributed by atoms with Gasteiger partial charge in [-0.1, -0.05) is 0 Å². The second kappa shape index (κ2) is 6.42. The highest BCUT2D eigenvalue weighted by Gasteiger charge is 2.15. The fourth-order valence-corrected chi connectivity index (χ4v) is 2.91. The molecule has 2 N–H and O–H groups in total. The van der Waals surface area contributed by atoms with Crippen LogP contribution in [0.15, 0.2) is 47.0 Å². The molecule has 0 saturated heterocycles. The zero-order valence-electron chi connectivity index (χ0n) is 14.7. The lowest BCUT2D eigenvalue weighted by Crippen LogP contribution is -2.15. The highest BCUT2D eigenvalue weighted by atomic mass is 16.3. The van der Waals surface area contributed by atoms with Crippen molar-refractivity contribution < 1.29 is 9.21 Å². The molecule has 0 aliphatic carbocycles. The molecule has 0 spiro atoms. The molecule has 0 radical (unpaired) electrons. The minimum Gasteiger partial charge on any atom is -0.460 e. The molecule has 7 nitrogen and oxygen atoms in total. The van der Waals surface area contributed by atoms with Crippen LogP contribution < -0.4 is 5.32 Å². The van der Waals surface area contributed by atoms with E-state index in [1.165, 1.54) is 6.20 Å². The summed E-state index contributed by atoms with van der Waals surface area (Å²) in [6.07, 6.45) is 1.39. The Labute approximate surface area is 154 Å². The number of pyridine rings is 1. The van der Waals surface area contributed by atoms with Gasteiger partial charge < -0.3 is 9.73 Å². The summed E-state index contributed by atoms with van der Waals surface area (Å²) in [4.78, 5) is 16.7. The van der Waals surface area contributed by atoms with Gasteiger partial charge in [0.1, 0.15) is 23.2 Å². The lowest BCUT2D eigenvalue weighted by molar-refractivity contribution is 0.102. The fourth-order valence-electron chi connectivity index (χ4n) is 2.91. The standard InChI is InChI=1S/C20H15N5O2/c1-11-7-13(9-21)10-22-18(11)20(26)23-14-4-5-16-15(8-14)19(25-24-16)17-6-3-12(2)27-17/h3-8,10H,1-2H3,(H,23,26)(H,24,25). The Hall–Kier alpha value is -3.92. The molecule has 0 atom stereocenters. The molecular formula is C20H15N5O2. The first-order valence-corrected chi connectivity index (χ1v) is 8.28. The minimum absolute atomic E-state index is 0.281. The van der Waals surface area contributed by atoms with Gasteiger partial charge in [0.2, 0.25) is 0 Å². The van der Waals surface area contributed by atoms with E-state index >= 15 is 0 Å². The number of nitrogens with zero attached hydrogens (tertiary/aromatic N) is 3. The van der Waals surface area contributed by atoms with Gasteiger partial charge in [0, 0.05) is 17.3 Å². The number of H-pyrrole nitrogens is 1. The number of nitrogens with one attached hydrogen (secondary N) is 2. The van der Waals surface area contributed by atoms with Crippen molar-refractivity contribution in [3.63, 3.8) is 0 Å². The van der Waals surface area contributed by atoms with Gasteiger partial charge in [-0.15, -0.1) is 0 Å². The van der Waals surface area contributed by atoms with Crippen LogP contribution in [0.3, 0.4) is 0 Å². The van der Waals surface area contributed by atoms with Crippen molar-refractivity contribution in [2.75, 3.05) is 5.32 Å². The molecule has 0 unspecified atom stereocenters. The number of carbonyl (C=O) groups excluding carboxylic acids is 1. The highest BCUT2D eigenvalue weighted by Crippen LogP contribution is 2.29. The minimum atomic E-state index is -0.338. The molecule has 0 aliphatic rings. The smallest absolute Gasteiger partial charge is 0.274 e. The van der Waals surface area contributed by atoms with Crippen molar-refractivity contribution in [3.05, 3.63) is 65.2 Å². The van der Waals surface area contributed by atoms with Crippen LogP contribution in [-0.2, 0) is 0 Å². The monoisotopic (exact) mass is 357 g/mol. The highest BCUT2D eigenvalue weighted by molar-refractivity contribution is 6.05. The van der Waals surface area contributed by atoms with Crippen LogP contribution in [0.1, 0.15) is 27.4 Å². The van der Waals surface area contributed by atoms with E-state index in [4.69, 9.17) is 9.68 Å². The molecule has 27 heavy (non-hydrogen) atoms. The topological polar surface area (TPSA) is 108 Å². The van der Waals surface area contributed by atoms with Crippen molar-refractivity contribution in [2.24, 2.45) is 0 Å². The number of rotatable bonds is 3. The van der Waals surface area contributed by atoms with Crippen LogP contribution in [0.4, 0.5) is 5.69 Å². The van der Waals surface area contributed by atoms with Gasteiger partial charge in [0.25, 0.3) is 5.91 Å². The SMILES string of the molecule is Cc1ccc(-c2n[nH]c3ccc(NC(=O)c4ncc(C#N)cc4C)cc23)o1. The van der Waals surface area contributed by atoms with Gasteiger partial charge in [-0.3, -0.25) is 9.89 Å². The Bertz CT molecular complexity index is 1210. The quantitative estimate of drug-likeness (QED) is 0.577. The normalized spacial score (nSPS) is 10.7. The van der Waals surface area contributed by atoms with E-state index in [-0.39, 0.29) is 11.6 Å². The number of carbonyl (C=O) groups is 1. The van der Waals surface area contributed by atoms with Gasteiger partial charge in [-0.25, -0.2) is 4.98 Å². The first-order chi connectivity index (χ1) is 13.0. The Morgan fingerprint density at radius 3 is 2.78 bits per heavy atom. The molecule has 0 fully saturated rings. The zero-order chi connectivity index (χ0) is 19.0. The van der Waals surface area contributed by atoms with Crippen LogP contribution >= 0.6 is 0 Å². The number of anilines is 1. The Morgan fingerprint density at radius 2 is 2.07 bits per heavy atom. The summed E-state index contributed by atoms with van der Waals surface area (Å²) in [6.45, 7) is 3.62. The number of benzene rings is 1. The molecule has 0 bridgehead atoms. The van der Waals surface area contributed by atoms with E-state index < -0.39 is 0 Å². The third-order valence-corrected chi connectivity index (χ3v) is 4.22. The maximum absolute atomic E-state index is 12.6. The number of nitriles is 1. The van der Waals surface area contributed by atoms with Gasteiger partial charge >= 0.3 is 0 Å². The lowest BCUT2D eigenvalue weighted by Gasteiger charge is -2.07. The summed E-state index contributed by atoms with van der Waals surface area (Å²) in [5.74, 6) is 1.12. The molecule has 1 amide bonds. The van der Waals surface area contributed by atoms with Gasteiger partial charge in [-0.2, -0.15) is 10.4 Å². The largest absolute Gasteiger partial charge is 0.460 e. The van der Waals surface area contributed by atoms with Crippen molar-refractivity contribution in [2.45, 2.75) is 13.8 Å². The Morgan fingerprint density at radius 1 is 1.22 bits per heavy atom. The van der Waals surface area contributed by atoms with Crippen LogP contribution in [0.25, 0.3) is 22.4 Å². The van der Waals surface area contributed by atoms with Crippen LogP contribution in [-0.4, -0.2) is 21.1 Å². The molecular weight excluding hydrogens is 342 g/mol. The van der Waals surface area contributed by atoms with Gasteiger partial charge in [-0.05, 0) is 55.8 Å². The molecule has 3 heterocycles. The van der Waals surface area contributed by atoms with Crippen LogP contribution in [0.5, 0.6) is 0 Å². The predicted molar refractivity (Wildman–Crippen MR) is 100 cm³/mol. The van der Waals surface area contributed by atoms with Crippen molar-refractivity contribution >= 4 is 22.5 Å². The average molecular weight is 357 g/mol. The summed E-state index contributed by atoms with van der Waals surface area (Å²) < 4.78 is 5.66. The Kier molecular flexibility index (Phi) is 3.94. The summed E-state index contributed by atoms with van der Waals surface area (Å²) in [6, 6.07) is 12.9. The molecule has 0 aliphatic heterocycles. The number of aromatic nitrogens is 3. The van der Waals surface area contributed by atoms with Gasteiger partial charge in [0.15, 0.2) is 5.76 Å². The number of amides is 1. The summed E-state index contributed by atoms with van der Waals surface area (Å²) in [5.41, 5.74) is 3.48. The maximum Gasteiger partial charge on any atom is 0.274 e. The van der Waals surface area contributed by atoms with Gasteiger partial charge in [0.05, 0.1) is 11.1 Å². The molecule has 3 aromatic heterocycles. The summed E-state index contributed by atoms with van der Waals surface area (Å²) >= 11 is 0. The predicted octanol–water partition coefficient (Wildman–Crippen LogP) is 3.96. The molecule has 0 saturated carbocycles. The van der Waals surface area contributed by atoms with E-state index in [0.717, 1.165) is 16.7 Å². The Balaban J connectivity index is 1.66. The molecule has 132 valence electrons.